The van der Waals surface area contributed by atoms with Gasteiger partial charge in [0.1, 0.15) is 6.04 Å². The highest BCUT2D eigenvalue weighted by molar-refractivity contribution is 5.73. The summed E-state index contributed by atoms with van der Waals surface area (Å²) in [6.45, 7) is 0.337. The maximum Gasteiger partial charge on any atom is 0.401 e. The minimum atomic E-state index is -4.35. The quantitative estimate of drug-likeness (QED) is 0.742. The van der Waals surface area contributed by atoms with Gasteiger partial charge in [-0.2, -0.15) is 13.2 Å². The van der Waals surface area contributed by atoms with Crippen LogP contribution in [0.1, 0.15) is 13.3 Å². The third-order valence-electron chi connectivity index (χ3n) is 1.63. The van der Waals surface area contributed by atoms with Crippen LogP contribution in [0.3, 0.4) is 0 Å². The first-order chi connectivity index (χ1) is 5.78. The third-order valence-corrected chi connectivity index (χ3v) is 1.63. The smallest absolute Gasteiger partial charge is 0.401 e. The fraction of sp³-hybridized carbons (Fsp3) is 0.857. The number of carbonyl (C=O) groups is 1. The first-order valence-electron chi connectivity index (χ1n) is 3.77. The summed E-state index contributed by atoms with van der Waals surface area (Å²) in [5.41, 5.74) is 0. The number of hydrogen-bond acceptors (Lipinski definition) is 2. The Morgan fingerprint density at radius 2 is 2.00 bits per heavy atom. The van der Waals surface area contributed by atoms with Gasteiger partial charge in [-0.25, -0.2) is 0 Å². The Balaban J connectivity index is 4.22. The van der Waals surface area contributed by atoms with E-state index in [0.29, 0.717) is 0 Å². The molecule has 0 aromatic heterocycles. The van der Waals surface area contributed by atoms with Crippen LogP contribution >= 0.6 is 0 Å². The van der Waals surface area contributed by atoms with Crippen molar-refractivity contribution >= 4 is 5.97 Å². The van der Waals surface area contributed by atoms with Crippen molar-refractivity contribution in [3.05, 3.63) is 0 Å². The van der Waals surface area contributed by atoms with Gasteiger partial charge in [-0.3, -0.25) is 9.69 Å². The Hall–Kier alpha value is -0.780. The molecule has 0 saturated carbocycles. The molecule has 0 aliphatic carbocycles. The zero-order chi connectivity index (χ0) is 10.6. The first-order valence-corrected chi connectivity index (χ1v) is 3.77. The predicted molar refractivity (Wildman–Crippen MR) is 40.4 cm³/mol. The summed E-state index contributed by atoms with van der Waals surface area (Å²) in [5, 5.41) is 8.53. The first kappa shape index (κ1) is 12.2. The van der Waals surface area contributed by atoms with Gasteiger partial charge < -0.3 is 5.11 Å². The van der Waals surface area contributed by atoms with Crippen molar-refractivity contribution in [3.8, 4) is 0 Å². The van der Waals surface area contributed by atoms with Gasteiger partial charge in [-0.1, -0.05) is 6.92 Å². The summed E-state index contributed by atoms with van der Waals surface area (Å²) >= 11 is 0. The van der Waals surface area contributed by atoms with Gasteiger partial charge >= 0.3 is 12.1 Å². The molecule has 13 heavy (non-hydrogen) atoms. The molecule has 0 rings (SSSR count). The molecule has 0 fully saturated rings. The summed E-state index contributed by atoms with van der Waals surface area (Å²) in [4.78, 5) is 11.2. The second kappa shape index (κ2) is 4.45. The maximum atomic E-state index is 11.8. The number of carboxylic acids is 1. The number of aliphatic carboxylic acids is 1. The highest BCUT2D eigenvalue weighted by Crippen LogP contribution is 2.17. The molecule has 0 aromatic carbocycles. The topological polar surface area (TPSA) is 40.5 Å². The fourth-order valence-corrected chi connectivity index (χ4v) is 1.07. The van der Waals surface area contributed by atoms with Gasteiger partial charge in [0, 0.05) is 0 Å². The van der Waals surface area contributed by atoms with E-state index in [4.69, 9.17) is 5.11 Å². The molecule has 0 radical (unpaired) electrons. The molecule has 0 amide bonds. The van der Waals surface area contributed by atoms with E-state index in [-0.39, 0.29) is 6.42 Å². The number of carboxylic acid groups (broad SMARTS) is 1. The van der Waals surface area contributed by atoms with Crippen molar-refractivity contribution in [2.24, 2.45) is 0 Å². The number of rotatable bonds is 4. The second-order valence-corrected chi connectivity index (χ2v) is 2.79. The zero-order valence-corrected chi connectivity index (χ0v) is 7.43. The van der Waals surface area contributed by atoms with Crippen LogP contribution in [0, 0.1) is 0 Å². The average Bonchev–Trinajstić information content (AvgIpc) is 1.82. The van der Waals surface area contributed by atoms with Crippen LogP contribution in [0.15, 0.2) is 0 Å². The molecule has 1 N–H and O–H groups in total. The summed E-state index contributed by atoms with van der Waals surface area (Å²) in [6.07, 6.45) is -4.19. The molecule has 6 heteroatoms. The molecule has 0 aromatic rings. The molecule has 0 spiro atoms. The van der Waals surface area contributed by atoms with Crippen molar-refractivity contribution in [2.75, 3.05) is 13.6 Å². The van der Waals surface area contributed by atoms with E-state index in [0.717, 1.165) is 11.9 Å². The summed E-state index contributed by atoms with van der Waals surface area (Å²) in [6, 6.07) is -1.07. The SMILES string of the molecule is CCC(C(=O)O)N(C)CC(F)(F)F. The number of hydrogen-bond donors (Lipinski definition) is 1. The van der Waals surface area contributed by atoms with Crippen LogP contribution in [0.4, 0.5) is 13.2 Å². The zero-order valence-electron chi connectivity index (χ0n) is 7.43. The van der Waals surface area contributed by atoms with E-state index in [1.54, 1.807) is 0 Å². The lowest BCUT2D eigenvalue weighted by molar-refractivity contribution is -0.158. The molecule has 0 saturated heterocycles. The molecule has 1 unspecified atom stereocenters. The number of halogens is 3. The maximum absolute atomic E-state index is 11.8. The van der Waals surface area contributed by atoms with Crippen molar-refractivity contribution in [3.63, 3.8) is 0 Å². The average molecular weight is 199 g/mol. The number of nitrogens with zero attached hydrogens (tertiary/aromatic N) is 1. The molecule has 0 bridgehead atoms. The Morgan fingerprint density at radius 1 is 1.54 bits per heavy atom. The van der Waals surface area contributed by atoms with E-state index in [2.05, 4.69) is 0 Å². The van der Waals surface area contributed by atoms with Gasteiger partial charge in [0.2, 0.25) is 0 Å². The Morgan fingerprint density at radius 3 is 2.23 bits per heavy atom. The minimum absolute atomic E-state index is 0.155. The third kappa shape index (κ3) is 4.72. The van der Waals surface area contributed by atoms with E-state index in [9.17, 15) is 18.0 Å². The van der Waals surface area contributed by atoms with Gasteiger partial charge in [0.05, 0.1) is 6.54 Å². The van der Waals surface area contributed by atoms with Crippen LogP contribution in [-0.2, 0) is 4.79 Å². The molecule has 1 atom stereocenters. The highest BCUT2D eigenvalue weighted by atomic mass is 19.4. The molecular formula is C7H12F3NO2. The van der Waals surface area contributed by atoms with Crippen molar-refractivity contribution in [1.29, 1.82) is 0 Å². The molecule has 3 nitrogen and oxygen atoms in total. The molecule has 0 heterocycles. The number of alkyl halides is 3. The molecule has 0 aliphatic heterocycles. The Labute approximate surface area is 74.1 Å². The van der Waals surface area contributed by atoms with E-state index in [1.807, 2.05) is 0 Å². The summed E-state index contributed by atoms with van der Waals surface area (Å²) < 4.78 is 35.5. The van der Waals surface area contributed by atoms with Gasteiger partial charge in [0.15, 0.2) is 0 Å². The minimum Gasteiger partial charge on any atom is -0.480 e. The van der Waals surface area contributed by atoms with Crippen LogP contribution in [0.25, 0.3) is 0 Å². The lowest BCUT2D eigenvalue weighted by Gasteiger charge is -2.24. The summed E-state index contributed by atoms with van der Waals surface area (Å²) in [7, 11) is 1.15. The van der Waals surface area contributed by atoms with Crippen molar-refractivity contribution in [2.45, 2.75) is 25.6 Å². The van der Waals surface area contributed by atoms with Gasteiger partial charge in [-0.15, -0.1) is 0 Å². The van der Waals surface area contributed by atoms with E-state index in [1.165, 1.54) is 6.92 Å². The largest absolute Gasteiger partial charge is 0.480 e. The van der Waals surface area contributed by atoms with Crippen molar-refractivity contribution < 1.29 is 23.1 Å². The van der Waals surface area contributed by atoms with Gasteiger partial charge in [-0.05, 0) is 13.5 Å². The molecule has 78 valence electrons. The highest BCUT2D eigenvalue weighted by Gasteiger charge is 2.33. The lowest BCUT2D eigenvalue weighted by atomic mass is 10.2. The monoisotopic (exact) mass is 199 g/mol. The molecular weight excluding hydrogens is 187 g/mol. The van der Waals surface area contributed by atoms with Crippen molar-refractivity contribution in [1.82, 2.24) is 4.90 Å². The van der Waals surface area contributed by atoms with Gasteiger partial charge in [0.25, 0.3) is 0 Å². The van der Waals surface area contributed by atoms with E-state index < -0.39 is 24.7 Å². The Bertz CT molecular complexity index is 181. The predicted octanol–water partition coefficient (Wildman–Crippen LogP) is 1.34. The normalized spacial score (nSPS) is 14.6. The van der Waals surface area contributed by atoms with Crippen LogP contribution in [-0.4, -0.2) is 41.8 Å². The second-order valence-electron chi connectivity index (χ2n) is 2.79. The lowest BCUT2D eigenvalue weighted by Crippen LogP contribution is -2.43. The van der Waals surface area contributed by atoms with E-state index >= 15 is 0 Å². The van der Waals surface area contributed by atoms with Crippen LogP contribution in [0.2, 0.25) is 0 Å². The number of likely N-dealkylation sites (N-methyl/N-ethyl adjacent to an activating group) is 1. The fourth-order valence-electron chi connectivity index (χ4n) is 1.07. The Kier molecular flexibility index (Phi) is 4.19. The van der Waals surface area contributed by atoms with Crippen LogP contribution in [0.5, 0.6) is 0 Å². The van der Waals surface area contributed by atoms with Crippen LogP contribution < -0.4 is 0 Å². The summed E-state index contributed by atoms with van der Waals surface area (Å²) in [5.74, 6) is -1.23. The standard InChI is InChI=1S/C7H12F3NO2/c1-3-5(6(12)13)11(2)4-7(8,9)10/h5H,3-4H2,1-2H3,(H,12,13). The molecule has 0 aliphatic rings.